The van der Waals surface area contributed by atoms with E-state index in [9.17, 15) is 0 Å². The maximum atomic E-state index is 2.54. The van der Waals surface area contributed by atoms with Gasteiger partial charge in [0, 0.05) is 18.9 Å². The lowest BCUT2D eigenvalue weighted by Crippen LogP contribution is -2.50. The summed E-state index contributed by atoms with van der Waals surface area (Å²) in [5.41, 5.74) is 0. The van der Waals surface area contributed by atoms with Crippen molar-refractivity contribution in [3.63, 3.8) is 0 Å². The number of hydrogen-bond donors (Lipinski definition) is 0. The van der Waals surface area contributed by atoms with Gasteiger partial charge in [-0.25, -0.2) is 0 Å². The van der Waals surface area contributed by atoms with Crippen molar-refractivity contribution in [2.24, 2.45) is 0 Å². The zero-order valence-corrected chi connectivity index (χ0v) is 8.22. The average molecular weight is 173 g/mol. The van der Waals surface area contributed by atoms with Gasteiger partial charge in [0.15, 0.2) is 0 Å². The minimum atomic E-state index is 0.277. The molecule has 2 rings (SSSR count). The highest BCUT2D eigenvalue weighted by molar-refractivity contribution is 7.57. The lowest BCUT2D eigenvalue weighted by atomic mass is 10.7. The van der Waals surface area contributed by atoms with Gasteiger partial charge in [-0.2, -0.15) is 0 Å². The molecule has 2 fully saturated rings. The first-order valence-electron chi connectivity index (χ1n) is 4.06. The Morgan fingerprint density at radius 2 is 1.45 bits per heavy atom. The molecule has 0 aliphatic carbocycles. The molecule has 0 aromatic heterocycles. The molecule has 0 amide bonds. The van der Waals surface area contributed by atoms with Crippen molar-refractivity contribution >= 4 is 7.92 Å². The number of nitrogens with zero attached hydrogens (tertiary/aromatic N) is 3. The Hall–Kier alpha value is 0.310. The summed E-state index contributed by atoms with van der Waals surface area (Å²) in [5.74, 6) is 0. The number of hydrogen-bond acceptors (Lipinski definition) is 3. The minimum absolute atomic E-state index is 0.277. The van der Waals surface area contributed by atoms with Crippen molar-refractivity contribution in [2.45, 2.75) is 0 Å². The molecule has 0 spiro atoms. The van der Waals surface area contributed by atoms with Crippen LogP contribution < -0.4 is 0 Å². The fourth-order valence-electron chi connectivity index (χ4n) is 2.01. The van der Waals surface area contributed by atoms with E-state index in [1.165, 1.54) is 32.2 Å². The molecule has 2 aliphatic rings. The fourth-order valence-corrected chi connectivity index (χ4v) is 4.56. The summed E-state index contributed by atoms with van der Waals surface area (Å²) in [6.07, 6.45) is 4.07. The van der Waals surface area contributed by atoms with E-state index in [2.05, 4.69) is 28.8 Å². The third-order valence-electron chi connectivity index (χ3n) is 2.17. The molecular formula is C7H16N3P. The molecule has 2 aliphatic heterocycles. The van der Waals surface area contributed by atoms with Crippen molar-refractivity contribution in [1.82, 2.24) is 14.7 Å². The lowest BCUT2D eigenvalue weighted by Gasteiger charge is -2.45. The van der Waals surface area contributed by atoms with E-state index in [0.717, 1.165) is 0 Å². The summed E-state index contributed by atoms with van der Waals surface area (Å²) in [6.45, 7) is 2.34. The van der Waals surface area contributed by atoms with Gasteiger partial charge in [0.25, 0.3) is 0 Å². The van der Waals surface area contributed by atoms with Gasteiger partial charge in [0.2, 0.25) is 0 Å². The molecule has 0 saturated carbocycles. The van der Waals surface area contributed by atoms with Gasteiger partial charge in [-0.05, 0) is 14.1 Å². The summed E-state index contributed by atoms with van der Waals surface area (Å²) >= 11 is 0. The summed E-state index contributed by atoms with van der Waals surface area (Å²) < 4.78 is 0. The zero-order valence-electron chi connectivity index (χ0n) is 7.32. The highest BCUT2D eigenvalue weighted by atomic mass is 31.1. The lowest BCUT2D eigenvalue weighted by molar-refractivity contribution is 0.102. The van der Waals surface area contributed by atoms with Crippen LogP contribution in [-0.2, 0) is 0 Å². The SMILES string of the molecule is CN1CN2CN(C)CP(C1)C2. The smallest absolute Gasteiger partial charge is 0.0522 e. The summed E-state index contributed by atoms with van der Waals surface area (Å²) in [4.78, 5) is 7.43. The van der Waals surface area contributed by atoms with E-state index in [0.29, 0.717) is 0 Å². The summed E-state index contributed by atoms with van der Waals surface area (Å²) in [6, 6.07) is 0. The Balaban J connectivity index is 2.00. The molecule has 3 nitrogen and oxygen atoms in total. The topological polar surface area (TPSA) is 9.72 Å². The first-order valence-corrected chi connectivity index (χ1v) is 5.95. The van der Waals surface area contributed by atoms with E-state index >= 15 is 0 Å². The molecule has 64 valence electrons. The highest BCUT2D eigenvalue weighted by Crippen LogP contribution is 2.42. The average Bonchev–Trinajstić information content (AvgIpc) is 1.82. The standard InChI is InChI=1S/C7H16N3P/c1-8-3-10-4-9(2)6-11(5-8)7-10/h3-7H2,1-2H3. The van der Waals surface area contributed by atoms with Crippen LogP contribution in [0.1, 0.15) is 0 Å². The highest BCUT2D eigenvalue weighted by Gasteiger charge is 2.28. The molecule has 0 atom stereocenters. The van der Waals surface area contributed by atoms with Crippen LogP contribution in [-0.4, -0.2) is 61.0 Å². The monoisotopic (exact) mass is 173 g/mol. The molecule has 2 saturated heterocycles. The third-order valence-corrected chi connectivity index (χ3v) is 4.73. The molecule has 0 aromatic carbocycles. The second-order valence-electron chi connectivity index (χ2n) is 3.76. The Morgan fingerprint density at radius 3 is 1.91 bits per heavy atom. The molecule has 11 heavy (non-hydrogen) atoms. The second-order valence-corrected chi connectivity index (χ2v) is 5.95. The largest absolute Gasteiger partial charge is 0.289 e. The maximum Gasteiger partial charge on any atom is 0.0522 e. The third kappa shape index (κ3) is 1.73. The number of rotatable bonds is 0. The van der Waals surface area contributed by atoms with Gasteiger partial charge in [-0.15, -0.1) is 0 Å². The Kier molecular flexibility index (Phi) is 2.15. The predicted octanol–water partition coefficient (Wildman–Crippen LogP) is 0.449. The van der Waals surface area contributed by atoms with Crippen LogP contribution in [0.25, 0.3) is 0 Å². The van der Waals surface area contributed by atoms with Crippen molar-refractivity contribution in [2.75, 3.05) is 46.3 Å². The van der Waals surface area contributed by atoms with Crippen LogP contribution in [0.3, 0.4) is 0 Å². The van der Waals surface area contributed by atoms with Crippen LogP contribution in [0.4, 0.5) is 0 Å². The fraction of sp³-hybridized carbons (Fsp3) is 1.00. The second kappa shape index (κ2) is 2.98. The van der Waals surface area contributed by atoms with E-state index in [1.807, 2.05) is 0 Å². The van der Waals surface area contributed by atoms with Gasteiger partial charge < -0.3 is 0 Å². The first kappa shape index (κ1) is 7.93. The quantitative estimate of drug-likeness (QED) is 0.492. The van der Waals surface area contributed by atoms with Crippen molar-refractivity contribution < 1.29 is 0 Å². The van der Waals surface area contributed by atoms with E-state index < -0.39 is 0 Å². The van der Waals surface area contributed by atoms with E-state index in [1.54, 1.807) is 0 Å². The van der Waals surface area contributed by atoms with Crippen LogP contribution in [0.5, 0.6) is 0 Å². The molecule has 0 N–H and O–H groups in total. The zero-order chi connectivity index (χ0) is 7.84. The predicted molar refractivity (Wildman–Crippen MR) is 48.6 cm³/mol. The van der Waals surface area contributed by atoms with E-state index in [4.69, 9.17) is 0 Å². The normalized spacial score (nSPS) is 40.9. The molecule has 4 heteroatoms. The van der Waals surface area contributed by atoms with Gasteiger partial charge >= 0.3 is 0 Å². The van der Waals surface area contributed by atoms with Crippen LogP contribution in [0.2, 0.25) is 0 Å². The van der Waals surface area contributed by atoms with Crippen molar-refractivity contribution in [3.8, 4) is 0 Å². The van der Waals surface area contributed by atoms with Gasteiger partial charge in [0.05, 0.1) is 13.3 Å². The molecule has 0 unspecified atom stereocenters. The maximum absolute atomic E-state index is 2.54. The first-order chi connectivity index (χ1) is 5.24. The Morgan fingerprint density at radius 1 is 0.909 bits per heavy atom. The van der Waals surface area contributed by atoms with Crippen LogP contribution in [0.15, 0.2) is 0 Å². The van der Waals surface area contributed by atoms with Crippen molar-refractivity contribution in [3.05, 3.63) is 0 Å². The van der Waals surface area contributed by atoms with Gasteiger partial charge in [-0.1, -0.05) is 7.92 Å². The van der Waals surface area contributed by atoms with Gasteiger partial charge in [-0.3, -0.25) is 14.7 Å². The molecule has 2 heterocycles. The molecule has 2 bridgehead atoms. The Labute approximate surface area is 69.7 Å². The van der Waals surface area contributed by atoms with Crippen molar-refractivity contribution in [1.29, 1.82) is 0 Å². The summed E-state index contributed by atoms with van der Waals surface area (Å²) in [7, 11) is 4.73. The Bertz CT molecular complexity index is 119. The van der Waals surface area contributed by atoms with Crippen LogP contribution in [0, 0.1) is 0 Å². The molecule has 0 aromatic rings. The summed E-state index contributed by atoms with van der Waals surface area (Å²) in [5, 5.41) is 0. The molecular weight excluding hydrogens is 157 g/mol. The number of fused-ring (bicyclic) bond motifs is 2. The molecule has 0 radical (unpaired) electrons. The van der Waals surface area contributed by atoms with E-state index in [-0.39, 0.29) is 7.92 Å². The van der Waals surface area contributed by atoms with Crippen LogP contribution >= 0.6 is 7.92 Å². The van der Waals surface area contributed by atoms with Gasteiger partial charge in [0.1, 0.15) is 0 Å². The minimum Gasteiger partial charge on any atom is -0.289 e.